The standard InChI is InChI=1S/C17H23F3N2O4/c1-4-16(2,3)26-15(24)22-11-12-5-7-13(8-6-12)25-10-9-21-14(23)17(18,19)20/h5-8H,4,9-11H2,1-3H3,(H,21,23)(H,22,24). The molecule has 0 heterocycles. The van der Waals surface area contributed by atoms with Gasteiger partial charge in [0.25, 0.3) is 0 Å². The fourth-order valence-electron chi connectivity index (χ4n) is 1.67. The van der Waals surface area contributed by atoms with Crippen molar-refractivity contribution in [2.24, 2.45) is 0 Å². The van der Waals surface area contributed by atoms with Crippen molar-refractivity contribution in [2.75, 3.05) is 13.2 Å². The van der Waals surface area contributed by atoms with Gasteiger partial charge in [-0.1, -0.05) is 19.1 Å². The fourth-order valence-corrected chi connectivity index (χ4v) is 1.67. The number of carbonyl (C=O) groups excluding carboxylic acids is 2. The number of hydrogen-bond acceptors (Lipinski definition) is 4. The molecule has 26 heavy (non-hydrogen) atoms. The Bertz CT molecular complexity index is 601. The number of nitrogens with one attached hydrogen (secondary N) is 2. The average Bonchev–Trinajstić information content (AvgIpc) is 2.56. The van der Waals surface area contributed by atoms with Crippen molar-refractivity contribution in [2.45, 2.75) is 45.5 Å². The van der Waals surface area contributed by atoms with Crippen LogP contribution in [0.2, 0.25) is 0 Å². The quantitative estimate of drug-likeness (QED) is 0.684. The first-order chi connectivity index (χ1) is 12.0. The van der Waals surface area contributed by atoms with Crippen LogP contribution in [0.4, 0.5) is 18.0 Å². The summed E-state index contributed by atoms with van der Waals surface area (Å²) in [5, 5.41) is 4.34. The van der Waals surface area contributed by atoms with Gasteiger partial charge in [0.15, 0.2) is 0 Å². The highest BCUT2D eigenvalue weighted by atomic mass is 19.4. The Morgan fingerprint density at radius 3 is 2.23 bits per heavy atom. The monoisotopic (exact) mass is 376 g/mol. The maximum atomic E-state index is 12.0. The second-order valence-electron chi connectivity index (χ2n) is 6.10. The molecule has 9 heteroatoms. The number of carbonyl (C=O) groups is 2. The zero-order valence-electron chi connectivity index (χ0n) is 14.9. The summed E-state index contributed by atoms with van der Waals surface area (Å²) in [6, 6.07) is 6.64. The van der Waals surface area contributed by atoms with E-state index in [1.807, 2.05) is 20.8 Å². The molecule has 0 aromatic heterocycles. The molecule has 0 bridgehead atoms. The number of ether oxygens (including phenoxy) is 2. The molecule has 0 unspecified atom stereocenters. The van der Waals surface area contributed by atoms with E-state index in [1.165, 1.54) is 0 Å². The van der Waals surface area contributed by atoms with Gasteiger partial charge in [0, 0.05) is 6.54 Å². The second-order valence-corrected chi connectivity index (χ2v) is 6.10. The van der Waals surface area contributed by atoms with Gasteiger partial charge in [0.05, 0.1) is 6.54 Å². The minimum Gasteiger partial charge on any atom is -0.492 e. The lowest BCUT2D eigenvalue weighted by atomic mass is 10.1. The van der Waals surface area contributed by atoms with Crippen LogP contribution in [0.15, 0.2) is 24.3 Å². The summed E-state index contributed by atoms with van der Waals surface area (Å²) < 4.78 is 46.5. The molecule has 0 aliphatic heterocycles. The Morgan fingerprint density at radius 2 is 1.69 bits per heavy atom. The highest BCUT2D eigenvalue weighted by molar-refractivity contribution is 5.81. The van der Waals surface area contributed by atoms with Gasteiger partial charge >= 0.3 is 18.2 Å². The predicted octanol–water partition coefficient (Wildman–Crippen LogP) is 3.16. The van der Waals surface area contributed by atoms with Gasteiger partial charge in [-0.3, -0.25) is 4.79 Å². The molecule has 0 radical (unpaired) electrons. The van der Waals surface area contributed by atoms with Crippen LogP contribution in [0, 0.1) is 0 Å². The minimum atomic E-state index is -4.90. The Morgan fingerprint density at radius 1 is 1.08 bits per heavy atom. The molecule has 0 atom stereocenters. The van der Waals surface area contributed by atoms with Crippen LogP contribution in [0.1, 0.15) is 32.8 Å². The molecule has 0 aliphatic carbocycles. The van der Waals surface area contributed by atoms with Crippen LogP contribution >= 0.6 is 0 Å². The lowest BCUT2D eigenvalue weighted by molar-refractivity contribution is -0.173. The first kappa shape index (κ1) is 21.6. The van der Waals surface area contributed by atoms with Crippen molar-refractivity contribution in [3.8, 4) is 5.75 Å². The maximum Gasteiger partial charge on any atom is 0.471 e. The molecule has 0 saturated heterocycles. The van der Waals surface area contributed by atoms with E-state index in [2.05, 4.69) is 5.32 Å². The molecule has 6 nitrogen and oxygen atoms in total. The molecule has 0 spiro atoms. The van der Waals surface area contributed by atoms with E-state index >= 15 is 0 Å². The van der Waals surface area contributed by atoms with Gasteiger partial charge in [0.2, 0.25) is 0 Å². The number of amides is 2. The molecule has 2 N–H and O–H groups in total. The van der Waals surface area contributed by atoms with Crippen LogP contribution in [0.5, 0.6) is 5.75 Å². The van der Waals surface area contributed by atoms with Crippen LogP contribution < -0.4 is 15.4 Å². The molecule has 2 amide bonds. The van der Waals surface area contributed by atoms with E-state index in [0.717, 1.165) is 5.56 Å². The van der Waals surface area contributed by atoms with Crippen molar-refractivity contribution in [3.05, 3.63) is 29.8 Å². The summed E-state index contributed by atoms with van der Waals surface area (Å²) in [6.45, 7) is 5.45. The zero-order valence-corrected chi connectivity index (χ0v) is 14.9. The summed E-state index contributed by atoms with van der Waals surface area (Å²) in [5.74, 6) is -1.56. The van der Waals surface area contributed by atoms with Crippen molar-refractivity contribution in [3.63, 3.8) is 0 Å². The van der Waals surface area contributed by atoms with E-state index in [0.29, 0.717) is 12.2 Å². The van der Waals surface area contributed by atoms with Crippen molar-refractivity contribution < 1.29 is 32.2 Å². The zero-order chi connectivity index (χ0) is 19.8. The Kier molecular flexibility index (Phi) is 7.73. The van der Waals surface area contributed by atoms with E-state index in [9.17, 15) is 22.8 Å². The summed E-state index contributed by atoms with van der Waals surface area (Å²) >= 11 is 0. The normalized spacial score (nSPS) is 11.6. The third-order valence-electron chi connectivity index (χ3n) is 3.49. The molecule has 0 fully saturated rings. The largest absolute Gasteiger partial charge is 0.492 e. The highest BCUT2D eigenvalue weighted by Gasteiger charge is 2.38. The Labute approximate surface area is 150 Å². The number of rotatable bonds is 8. The van der Waals surface area contributed by atoms with Crippen LogP contribution in [-0.4, -0.2) is 36.9 Å². The molecule has 0 aliphatic rings. The fraction of sp³-hybridized carbons (Fsp3) is 0.529. The number of benzene rings is 1. The maximum absolute atomic E-state index is 12.0. The molecule has 0 saturated carbocycles. The SMILES string of the molecule is CCC(C)(C)OC(=O)NCc1ccc(OCCNC(=O)C(F)(F)F)cc1. The number of alkyl halides is 3. The van der Waals surface area contributed by atoms with E-state index in [1.54, 1.807) is 29.6 Å². The van der Waals surface area contributed by atoms with Gasteiger partial charge < -0.3 is 20.1 Å². The van der Waals surface area contributed by atoms with Gasteiger partial charge in [-0.05, 0) is 38.0 Å². The Balaban J connectivity index is 2.33. The molecule has 1 aromatic carbocycles. The van der Waals surface area contributed by atoms with Gasteiger partial charge in [0.1, 0.15) is 18.0 Å². The topological polar surface area (TPSA) is 76.7 Å². The third kappa shape index (κ3) is 8.09. The minimum absolute atomic E-state index is 0.0994. The Hall–Kier alpha value is -2.45. The van der Waals surface area contributed by atoms with Crippen molar-refractivity contribution >= 4 is 12.0 Å². The van der Waals surface area contributed by atoms with E-state index < -0.39 is 23.8 Å². The summed E-state index contributed by atoms with van der Waals surface area (Å²) in [6.07, 6.45) is -4.73. The summed E-state index contributed by atoms with van der Waals surface area (Å²) in [5.41, 5.74) is 0.262. The molecular weight excluding hydrogens is 353 g/mol. The average molecular weight is 376 g/mol. The van der Waals surface area contributed by atoms with Gasteiger partial charge in [-0.2, -0.15) is 13.2 Å². The number of alkyl carbamates (subject to hydrolysis) is 1. The van der Waals surface area contributed by atoms with Crippen LogP contribution in [0.25, 0.3) is 0 Å². The summed E-state index contributed by atoms with van der Waals surface area (Å²) in [4.78, 5) is 22.3. The third-order valence-corrected chi connectivity index (χ3v) is 3.49. The molecule has 1 aromatic rings. The number of hydrogen-bond donors (Lipinski definition) is 2. The van der Waals surface area contributed by atoms with Crippen LogP contribution in [-0.2, 0) is 16.1 Å². The lowest BCUT2D eigenvalue weighted by Crippen LogP contribution is -2.38. The molecule has 1 rings (SSSR count). The first-order valence-electron chi connectivity index (χ1n) is 8.07. The van der Waals surface area contributed by atoms with Crippen molar-refractivity contribution in [1.82, 2.24) is 10.6 Å². The summed E-state index contributed by atoms with van der Waals surface area (Å²) in [7, 11) is 0. The van der Waals surface area contributed by atoms with Gasteiger partial charge in [-0.15, -0.1) is 0 Å². The van der Waals surface area contributed by atoms with E-state index in [4.69, 9.17) is 9.47 Å². The van der Waals surface area contributed by atoms with Gasteiger partial charge in [-0.25, -0.2) is 4.79 Å². The lowest BCUT2D eigenvalue weighted by Gasteiger charge is -2.23. The van der Waals surface area contributed by atoms with Crippen molar-refractivity contribution in [1.29, 1.82) is 0 Å². The predicted molar refractivity (Wildman–Crippen MR) is 88.7 cm³/mol. The number of halogens is 3. The second kappa shape index (κ2) is 9.30. The molecule has 146 valence electrons. The first-order valence-corrected chi connectivity index (χ1v) is 8.07. The van der Waals surface area contributed by atoms with Crippen LogP contribution in [0.3, 0.4) is 0 Å². The highest BCUT2D eigenvalue weighted by Crippen LogP contribution is 2.15. The molecular formula is C17H23F3N2O4. The smallest absolute Gasteiger partial charge is 0.471 e. The van der Waals surface area contributed by atoms with E-state index in [-0.39, 0.29) is 19.7 Å².